The lowest BCUT2D eigenvalue weighted by molar-refractivity contribution is 0.107. The second kappa shape index (κ2) is 5.21. The molecule has 16 heavy (non-hydrogen) atoms. The first kappa shape index (κ1) is 11.3. The van der Waals surface area contributed by atoms with Crippen molar-refractivity contribution in [2.45, 2.75) is 39.2 Å². The smallest absolute Gasteiger partial charge is 0.242 e. The van der Waals surface area contributed by atoms with Crippen LogP contribution < -0.4 is 5.32 Å². The number of anilines is 1. The summed E-state index contributed by atoms with van der Waals surface area (Å²) in [5, 5.41) is 11.2. The van der Waals surface area contributed by atoms with Crippen molar-refractivity contribution in [2.75, 3.05) is 18.5 Å². The predicted octanol–water partition coefficient (Wildman–Crippen LogP) is 1.47. The third-order valence-corrected chi connectivity index (χ3v) is 2.87. The van der Waals surface area contributed by atoms with Crippen LogP contribution in [0.1, 0.15) is 30.7 Å². The van der Waals surface area contributed by atoms with Gasteiger partial charge in [-0.25, -0.2) is 4.98 Å². The Balaban J connectivity index is 1.78. The van der Waals surface area contributed by atoms with Crippen molar-refractivity contribution < 1.29 is 4.74 Å². The molecule has 1 aromatic heterocycles. The molecule has 2 rings (SSSR count). The molecule has 0 aromatic carbocycles. The van der Waals surface area contributed by atoms with Crippen molar-refractivity contribution in [1.82, 2.24) is 15.2 Å². The third-order valence-electron chi connectivity index (χ3n) is 2.87. The van der Waals surface area contributed by atoms with Crippen LogP contribution in [0.15, 0.2) is 0 Å². The molecule has 0 amide bonds. The highest BCUT2D eigenvalue weighted by atomic mass is 16.5. The average molecular weight is 222 g/mol. The maximum atomic E-state index is 5.54. The SMILES string of the molecule is Cc1nnc(NCCC2CCCO2)nc1C. The van der Waals surface area contributed by atoms with E-state index in [1.165, 1.54) is 12.8 Å². The molecular formula is C11H18N4O. The van der Waals surface area contributed by atoms with E-state index < -0.39 is 0 Å². The molecule has 1 unspecified atom stereocenters. The van der Waals surface area contributed by atoms with Gasteiger partial charge in [0.15, 0.2) is 0 Å². The summed E-state index contributed by atoms with van der Waals surface area (Å²) in [7, 11) is 0. The Kier molecular flexibility index (Phi) is 3.66. The highest BCUT2D eigenvalue weighted by molar-refractivity contribution is 5.24. The van der Waals surface area contributed by atoms with E-state index in [0.29, 0.717) is 12.1 Å². The van der Waals surface area contributed by atoms with Crippen LogP contribution in [0.2, 0.25) is 0 Å². The van der Waals surface area contributed by atoms with Gasteiger partial charge in [0.05, 0.1) is 17.5 Å². The number of hydrogen-bond donors (Lipinski definition) is 1. The average Bonchev–Trinajstić information content (AvgIpc) is 2.76. The molecule has 0 radical (unpaired) electrons. The van der Waals surface area contributed by atoms with Gasteiger partial charge in [-0.2, -0.15) is 5.10 Å². The monoisotopic (exact) mass is 222 g/mol. The molecule has 5 nitrogen and oxygen atoms in total. The van der Waals surface area contributed by atoms with Gasteiger partial charge in [-0.15, -0.1) is 5.10 Å². The molecular weight excluding hydrogens is 204 g/mol. The predicted molar refractivity (Wildman–Crippen MR) is 61.4 cm³/mol. The number of nitrogens with zero attached hydrogens (tertiary/aromatic N) is 3. The quantitative estimate of drug-likeness (QED) is 0.836. The maximum Gasteiger partial charge on any atom is 0.242 e. The van der Waals surface area contributed by atoms with Crippen molar-refractivity contribution in [3.8, 4) is 0 Å². The Labute approximate surface area is 95.6 Å². The van der Waals surface area contributed by atoms with E-state index in [2.05, 4.69) is 20.5 Å². The van der Waals surface area contributed by atoms with Crippen LogP contribution in [-0.2, 0) is 4.74 Å². The fourth-order valence-electron chi connectivity index (χ4n) is 1.75. The fourth-order valence-corrected chi connectivity index (χ4v) is 1.75. The minimum absolute atomic E-state index is 0.409. The molecule has 1 aliphatic rings. The van der Waals surface area contributed by atoms with E-state index in [-0.39, 0.29) is 0 Å². The Morgan fingerprint density at radius 2 is 2.19 bits per heavy atom. The molecule has 5 heteroatoms. The summed E-state index contributed by atoms with van der Waals surface area (Å²) in [5.74, 6) is 0.612. The molecule has 1 N–H and O–H groups in total. The van der Waals surface area contributed by atoms with E-state index in [1.54, 1.807) is 0 Å². The Morgan fingerprint density at radius 3 is 2.88 bits per heavy atom. The fraction of sp³-hybridized carbons (Fsp3) is 0.727. The third kappa shape index (κ3) is 2.88. The normalized spacial score (nSPS) is 20.0. The first-order chi connectivity index (χ1) is 7.75. The maximum absolute atomic E-state index is 5.54. The molecule has 0 bridgehead atoms. The first-order valence-electron chi connectivity index (χ1n) is 5.79. The molecule has 1 aliphatic heterocycles. The van der Waals surface area contributed by atoms with Crippen molar-refractivity contribution in [3.05, 3.63) is 11.4 Å². The minimum Gasteiger partial charge on any atom is -0.378 e. The van der Waals surface area contributed by atoms with Crippen LogP contribution >= 0.6 is 0 Å². The second-order valence-corrected chi connectivity index (χ2v) is 4.16. The number of rotatable bonds is 4. The summed E-state index contributed by atoms with van der Waals surface area (Å²) in [6.45, 7) is 5.60. The van der Waals surface area contributed by atoms with Crippen LogP contribution in [0, 0.1) is 13.8 Å². The van der Waals surface area contributed by atoms with E-state index in [1.807, 2.05) is 13.8 Å². The number of aryl methyl sites for hydroxylation is 2. The van der Waals surface area contributed by atoms with Crippen LogP contribution in [0.4, 0.5) is 5.95 Å². The van der Waals surface area contributed by atoms with Gasteiger partial charge in [0.1, 0.15) is 0 Å². The molecule has 1 fully saturated rings. The molecule has 0 aliphatic carbocycles. The van der Waals surface area contributed by atoms with Gasteiger partial charge in [-0.1, -0.05) is 0 Å². The summed E-state index contributed by atoms with van der Waals surface area (Å²) < 4.78 is 5.54. The Bertz CT molecular complexity index is 350. The molecule has 2 heterocycles. The number of ether oxygens (including phenoxy) is 1. The van der Waals surface area contributed by atoms with Gasteiger partial charge in [-0.3, -0.25) is 0 Å². The van der Waals surface area contributed by atoms with Gasteiger partial charge in [0.25, 0.3) is 0 Å². The van der Waals surface area contributed by atoms with Crippen molar-refractivity contribution in [3.63, 3.8) is 0 Å². The van der Waals surface area contributed by atoms with Crippen molar-refractivity contribution in [2.24, 2.45) is 0 Å². The largest absolute Gasteiger partial charge is 0.378 e. The van der Waals surface area contributed by atoms with Gasteiger partial charge >= 0.3 is 0 Å². The number of nitrogens with one attached hydrogen (secondary N) is 1. The molecule has 1 aromatic rings. The lowest BCUT2D eigenvalue weighted by Crippen LogP contribution is -2.14. The lowest BCUT2D eigenvalue weighted by atomic mass is 10.2. The molecule has 0 spiro atoms. The summed E-state index contributed by atoms with van der Waals surface area (Å²) in [6, 6.07) is 0. The van der Waals surface area contributed by atoms with E-state index >= 15 is 0 Å². The molecule has 1 atom stereocenters. The summed E-state index contributed by atoms with van der Waals surface area (Å²) >= 11 is 0. The summed E-state index contributed by atoms with van der Waals surface area (Å²) in [6.07, 6.45) is 3.78. The minimum atomic E-state index is 0.409. The van der Waals surface area contributed by atoms with E-state index in [0.717, 1.165) is 31.0 Å². The zero-order valence-electron chi connectivity index (χ0n) is 9.86. The highest BCUT2D eigenvalue weighted by Crippen LogP contribution is 2.15. The highest BCUT2D eigenvalue weighted by Gasteiger charge is 2.14. The topological polar surface area (TPSA) is 59.9 Å². The zero-order chi connectivity index (χ0) is 11.4. The van der Waals surface area contributed by atoms with E-state index in [9.17, 15) is 0 Å². The molecule has 1 saturated heterocycles. The van der Waals surface area contributed by atoms with Crippen molar-refractivity contribution in [1.29, 1.82) is 0 Å². The van der Waals surface area contributed by atoms with Gasteiger partial charge in [0, 0.05) is 13.2 Å². The van der Waals surface area contributed by atoms with Gasteiger partial charge in [-0.05, 0) is 33.1 Å². The lowest BCUT2D eigenvalue weighted by Gasteiger charge is -2.09. The summed E-state index contributed by atoms with van der Waals surface area (Å²) in [4.78, 5) is 4.31. The second-order valence-electron chi connectivity index (χ2n) is 4.16. The Hall–Kier alpha value is -1.23. The summed E-state index contributed by atoms with van der Waals surface area (Å²) in [5.41, 5.74) is 1.80. The van der Waals surface area contributed by atoms with Crippen molar-refractivity contribution >= 4 is 5.95 Å². The standard InChI is InChI=1S/C11H18N4O/c1-8-9(2)14-15-11(13-8)12-6-5-10-4-3-7-16-10/h10H,3-7H2,1-2H3,(H,12,13,15). The molecule has 0 saturated carbocycles. The van der Waals surface area contributed by atoms with Crippen LogP contribution in [-0.4, -0.2) is 34.4 Å². The van der Waals surface area contributed by atoms with Gasteiger partial charge in [0.2, 0.25) is 5.95 Å². The zero-order valence-corrected chi connectivity index (χ0v) is 9.86. The Morgan fingerprint density at radius 1 is 1.31 bits per heavy atom. The van der Waals surface area contributed by atoms with Gasteiger partial charge < -0.3 is 10.1 Å². The van der Waals surface area contributed by atoms with Crippen LogP contribution in [0.5, 0.6) is 0 Å². The number of aromatic nitrogens is 3. The number of hydrogen-bond acceptors (Lipinski definition) is 5. The first-order valence-corrected chi connectivity index (χ1v) is 5.79. The van der Waals surface area contributed by atoms with Crippen LogP contribution in [0.25, 0.3) is 0 Å². The molecule has 88 valence electrons. The van der Waals surface area contributed by atoms with E-state index in [4.69, 9.17) is 4.74 Å². The van der Waals surface area contributed by atoms with Crippen LogP contribution in [0.3, 0.4) is 0 Å².